The summed E-state index contributed by atoms with van der Waals surface area (Å²) in [5.41, 5.74) is 5.34. The van der Waals surface area contributed by atoms with Gasteiger partial charge in [0.15, 0.2) is 0 Å². The van der Waals surface area contributed by atoms with Crippen molar-refractivity contribution in [3.63, 3.8) is 0 Å². The van der Waals surface area contributed by atoms with Gasteiger partial charge in [-0.25, -0.2) is 0 Å². The minimum absolute atomic E-state index is 0.256. The van der Waals surface area contributed by atoms with Crippen LogP contribution < -0.4 is 5.73 Å². The van der Waals surface area contributed by atoms with Crippen LogP contribution in [0.15, 0.2) is 0 Å². The highest BCUT2D eigenvalue weighted by molar-refractivity contribution is 5.80. The van der Waals surface area contributed by atoms with Gasteiger partial charge in [-0.15, -0.1) is 0 Å². The largest absolute Gasteiger partial charge is 0.369 e. The molecule has 96 valence electrons. The Morgan fingerprint density at radius 3 is 2.41 bits per heavy atom. The fourth-order valence-electron chi connectivity index (χ4n) is 3.26. The second-order valence-electron chi connectivity index (χ2n) is 5.37. The molecule has 2 aliphatic carbocycles. The van der Waals surface area contributed by atoms with Crippen molar-refractivity contribution in [2.24, 2.45) is 5.73 Å². The second kappa shape index (κ2) is 5.63. The van der Waals surface area contributed by atoms with E-state index in [1.54, 1.807) is 0 Å². The molecule has 0 bridgehead atoms. The van der Waals surface area contributed by atoms with E-state index in [0.717, 1.165) is 25.7 Å². The molecule has 4 nitrogen and oxygen atoms in total. The SMILES string of the molecule is NC(=O)CN(C1CCCC1)C1CCCC(=O)C1. The van der Waals surface area contributed by atoms with E-state index in [-0.39, 0.29) is 11.9 Å². The molecule has 4 heteroatoms. The van der Waals surface area contributed by atoms with Gasteiger partial charge in [0.25, 0.3) is 0 Å². The summed E-state index contributed by atoms with van der Waals surface area (Å²) in [5.74, 6) is 0.0728. The van der Waals surface area contributed by atoms with Crippen molar-refractivity contribution in [1.29, 1.82) is 0 Å². The lowest BCUT2D eigenvalue weighted by Crippen LogP contribution is -2.48. The summed E-state index contributed by atoms with van der Waals surface area (Å²) in [6.45, 7) is 0.322. The molecule has 0 aromatic heterocycles. The molecule has 2 rings (SSSR count). The number of nitrogens with zero attached hydrogens (tertiary/aromatic N) is 1. The van der Waals surface area contributed by atoms with Gasteiger partial charge in [-0.2, -0.15) is 0 Å². The molecular formula is C13H22N2O2. The number of carbonyl (C=O) groups is 2. The van der Waals surface area contributed by atoms with Crippen LogP contribution in [-0.4, -0.2) is 35.2 Å². The van der Waals surface area contributed by atoms with Gasteiger partial charge >= 0.3 is 0 Å². The predicted octanol–water partition coefficient (Wildman–Crippen LogP) is 1.23. The summed E-state index contributed by atoms with van der Waals surface area (Å²) in [7, 11) is 0. The molecule has 0 aromatic rings. The molecule has 0 heterocycles. The van der Waals surface area contributed by atoms with Gasteiger partial charge in [0, 0.05) is 24.9 Å². The number of hydrogen-bond acceptors (Lipinski definition) is 3. The zero-order valence-corrected chi connectivity index (χ0v) is 10.4. The summed E-state index contributed by atoms with van der Waals surface area (Å²) in [6.07, 6.45) is 8.10. The third kappa shape index (κ3) is 3.28. The quantitative estimate of drug-likeness (QED) is 0.801. The van der Waals surface area contributed by atoms with Crippen LogP contribution in [0.2, 0.25) is 0 Å². The van der Waals surface area contributed by atoms with Crippen LogP contribution in [0, 0.1) is 0 Å². The second-order valence-corrected chi connectivity index (χ2v) is 5.37. The molecule has 0 spiro atoms. The van der Waals surface area contributed by atoms with E-state index in [0.29, 0.717) is 31.2 Å². The minimum atomic E-state index is -0.269. The van der Waals surface area contributed by atoms with E-state index in [1.807, 2.05) is 0 Å². The van der Waals surface area contributed by atoms with E-state index in [2.05, 4.69) is 4.90 Å². The molecule has 0 aliphatic heterocycles. The minimum Gasteiger partial charge on any atom is -0.369 e. The van der Waals surface area contributed by atoms with Gasteiger partial charge in [0.05, 0.1) is 6.54 Å². The topological polar surface area (TPSA) is 63.4 Å². The Labute approximate surface area is 103 Å². The van der Waals surface area contributed by atoms with Gasteiger partial charge in [-0.3, -0.25) is 14.5 Å². The maximum Gasteiger partial charge on any atom is 0.231 e. The van der Waals surface area contributed by atoms with Crippen LogP contribution in [0.1, 0.15) is 51.4 Å². The van der Waals surface area contributed by atoms with E-state index < -0.39 is 0 Å². The molecule has 2 fully saturated rings. The van der Waals surface area contributed by atoms with Crippen molar-refractivity contribution in [2.45, 2.75) is 63.5 Å². The van der Waals surface area contributed by atoms with Crippen molar-refractivity contribution in [1.82, 2.24) is 4.90 Å². The summed E-state index contributed by atoms with van der Waals surface area (Å²) in [5, 5.41) is 0. The van der Waals surface area contributed by atoms with E-state index in [4.69, 9.17) is 5.73 Å². The molecule has 1 atom stereocenters. The Morgan fingerprint density at radius 1 is 1.18 bits per heavy atom. The summed E-state index contributed by atoms with van der Waals surface area (Å²) >= 11 is 0. The number of ketones is 1. The predicted molar refractivity (Wildman–Crippen MR) is 65.4 cm³/mol. The van der Waals surface area contributed by atoms with Crippen molar-refractivity contribution < 1.29 is 9.59 Å². The standard InChI is InChI=1S/C13H22N2O2/c14-13(17)9-15(10-4-1-2-5-10)11-6-3-7-12(16)8-11/h10-11H,1-9H2,(H2,14,17). The van der Waals surface area contributed by atoms with Crippen LogP contribution >= 0.6 is 0 Å². The van der Waals surface area contributed by atoms with Gasteiger partial charge < -0.3 is 5.73 Å². The van der Waals surface area contributed by atoms with Gasteiger partial charge in [0.2, 0.25) is 5.91 Å². The summed E-state index contributed by atoms with van der Waals surface area (Å²) in [6, 6.07) is 0.727. The van der Waals surface area contributed by atoms with E-state index in [1.165, 1.54) is 12.8 Å². The zero-order chi connectivity index (χ0) is 12.3. The normalized spacial score (nSPS) is 26.6. The molecule has 0 saturated heterocycles. The first-order valence-corrected chi connectivity index (χ1v) is 6.72. The molecule has 1 amide bonds. The lowest BCUT2D eigenvalue weighted by molar-refractivity contribution is -0.125. The van der Waals surface area contributed by atoms with Crippen molar-refractivity contribution >= 4 is 11.7 Å². The monoisotopic (exact) mass is 238 g/mol. The highest BCUT2D eigenvalue weighted by Gasteiger charge is 2.32. The Bertz CT molecular complexity index is 298. The van der Waals surface area contributed by atoms with Crippen LogP contribution in [0.25, 0.3) is 0 Å². The highest BCUT2D eigenvalue weighted by Crippen LogP contribution is 2.29. The fraction of sp³-hybridized carbons (Fsp3) is 0.846. The third-order valence-corrected chi connectivity index (χ3v) is 4.06. The molecule has 2 saturated carbocycles. The van der Waals surface area contributed by atoms with Crippen molar-refractivity contribution in [3.05, 3.63) is 0 Å². The Balaban J connectivity index is 2.02. The molecule has 2 N–H and O–H groups in total. The molecule has 0 radical (unpaired) electrons. The Kier molecular flexibility index (Phi) is 4.15. The zero-order valence-electron chi connectivity index (χ0n) is 10.4. The smallest absolute Gasteiger partial charge is 0.231 e. The molecule has 1 unspecified atom stereocenters. The Hall–Kier alpha value is -0.900. The van der Waals surface area contributed by atoms with E-state index >= 15 is 0 Å². The highest BCUT2D eigenvalue weighted by atomic mass is 16.1. The number of primary amides is 1. The van der Waals surface area contributed by atoms with Crippen molar-refractivity contribution in [2.75, 3.05) is 6.54 Å². The number of amides is 1. The number of hydrogen-bond donors (Lipinski definition) is 1. The fourth-order valence-corrected chi connectivity index (χ4v) is 3.26. The van der Waals surface area contributed by atoms with E-state index in [9.17, 15) is 9.59 Å². The van der Waals surface area contributed by atoms with Crippen LogP contribution in [-0.2, 0) is 9.59 Å². The maximum atomic E-state index is 11.5. The molecular weight excluding hydrogens is 216 g/mol. The number of carbonyl (C=O) groups excluding carboxylic acids is 2. The van der Waals surface area contributed by atoms with Gasteiger partial charge in [-0.1, -0.05) is 12.8 Å². The third-order valence-electron chi connectivity index (χ3n) is 4.06. The van der Waals surface area contributed by atoms with Gasteiger partial charge in [0.1, 0.15) is 5.78 Å². The lowest BCUT2D eigenvalue weighted by atomic mass is 9.92. The first kappa shape index (κ1) is 12.6. The van der Waals surface area contributed by atoms with Crippen molar-refractivity contribution in [3.8, 4) is 0 Å². The number of nitrogens with two attached hydrogens (primary N) is 1. The van der Waals surface area contributed by atoms with Crippen LogP contribution in [0.5, 0.6) is 0 Å². The average Bonchev–Trinajstić information content (AvgIpc) is 2.79. The average molecular weight is 238 g/mol. The van der Waals surface area contributed by atoms with Gasteiger partial charge in [-0.05, 0) is 25.7 Å². The summed E-state index contributed by atoms with van der Waals surface area (Å²) in [4.78, 5) is 24.9. The number of Topliss-reactive ketones (excluding diaryl/α,β-unsaturated/α-hetero) is 1. The van der Waals surface area contributed by atoms with Crippen LogP contribution in [0.3, 0.4) is 0 Å². The maximum absolute atomic E-state index is 11.5. The number of rotatable bonds is 4. The molecule has 17 heavy (non-hydrogen) atoms. The first-order chi connectivity index (χ1) is 8.16. The lowest BCUT2D eigenvalue weighted by Gasteiger charge is -2.37. The molecule has 0 aromatic carbocycles. The Morgan fingerprint density at radius 2 is 1.82 bits per heavy atom. The summed E-state index contributed by atoms with van der Waals surface area (Å²) < 4.78 is 0. The first-order valence-electron chi connectivity index (χ1n) is 6.72. The van der Waals surface area contributed by atoms with Crippen LogP contribution in [0.4, 0.5) is 0 Å². The molecule has 2 aliphatic rings.